The standard InChI is InChI=1S/C23H33NO/c1-2-3-4-5-6-7-8-12-15-23(25)20-16-18-22(19-17-20)24-21-13-10-9-11-14-21/h9-11,13-14,16-19,23-25H,2-8,12,15H2,1H3. The molecule has 0 aliphatic rings. The van der Waals surface area contributed by atoms with Gasteiger partial charge in [-0.1, -0.05) is 88.6 Å². The van der Waals surface area contributed by atoms with Crippen LogP contribution in [0.25, 0.3) is 0 Å². The minimum atomic E-state index is -0.342. The Labute approximate surface area is 153 Å². The van der Waals surface area contributed by atoms with Crippen molar-refractivity contribution in [3.05, 3.63) is 60.2 Å². The third-order valence-corrected chi connectivity index (χ3v) is 4.69. The van der Waals surface area contributed by atoms with Gasteiger partial charge in [0.1, 0.15) is 0 Å². The number of para-hydroxylation sites is 1. The summed E-state index contributed by atoms with van der Waals surface area (Å²) in [6, 6.07) is 18.3. The van der Waals surface area contributed by atoms with Gasteiger partial charge < -0.3 is 10.4 Å². The van der Waals surface area contributed by atoms with Crippen molar-refractivity contribution in [2.45, 2.75) is 70.8 Å². The maximum Gasteiger partial charge on any atom is 0.0790 e. The Morgan fingerprint density at radius 1 is 0.720 bits per heavy atom. The fraction of sp³-hybridized carbons (Fsp3) is 0.478. The minimum absolute atomic E-state index is 0.342. The van der Waals surface area contributed by atoms with Gasteiger partial charge in [-0.25, -0.2) is 0 Å². The number of nitrogens with one attached hydrogen (secondary N) is 1. The Morgan fingerprint density at radius 2 is 1.28 bits per heavy atom. The minimum Gasteiger partial charge on any atom is -0.388 e. The molecule has 2 aromatic carbocycles. The summed E-state index contributed by atoms with van der Waals surface area (Å²) in [5.41, 5.74) is 3.14. The molecule has 136 valence electrons. The maximum absolute atomic E-state index is 10.4. The van der Waals surface area contributed by atoms with Gasteiger partial charge in [-0.2, -0.15) is 0 Å². The van der Waals surface area contributed by atoms with E-state index in [2.05, 4.69) is 12.2 Å². The predicted octanol–water partition coefficient (Wildman–Crippen LogP) is 6.99. The van der Waals surface area contributed by atoms with Crippen molar-refractivity contribution in [3.8, 4) is 0 Å². The molecule has 1 atom stereocenters. The summed E-state index contributed by atoms with van der Waals surface area (Å²) in [6.45, 7) is 2.26. The summed E-state index contributed by atoms with van der Waals surface area (Å²) in [5, 5.41) is 13.7. The molecule has 2 nitrogen and oxygen atoms in total. The fourth-order valence-corrected chi connectivity index (χ4v) is 3.11. The van der Waals surface area contributed by atoms with Crippen LogP contribution in [-0.4, -0.2) is 5.11 Å². The normalized spacial score (nSPS) is 12.1. The Hall–Kier alpha value is -1.80. The number of benzene rings is 2. The van der Waals surface area contributed by atoms with E-state index < -0.39 is 0 Å². The van der Waals surface area contributed by atoms with Crippen LogP contribution in [0.5, 0.6) is 0 Å². The first-order valence-corrected chi connectivity index (χ1v) is 9.89. The number of rotatable bonds is 12. The average Bonchev–Trinajstić information content (AvgIpc) is 2.65. The van der Waals surface area contributed by atoms with Gasteiger partial charge in [0.15, 0.2) is 0 Å². The van der Waals surface area contributed by atoms with Gasteiger partial charge in [0.25, 0.3) is 0 Å². The van der Waals surface area contributed by atoms with Crippen molar-refractivity contribution in [1.82, 2.24) is 0 Å². The summed E-state index contributed by atoms with van der Waals surface area (Å²) in [5.74, 6) is 0. The zero-order valence-electron chi connectivity index (χ0n) is 15.6. The van der Waals surface area contributed by atoms with Crippen LogP contribution in [0.2, 0.25) is 0 Å². The molecule has 0 bridgehead atoms. The van der Waals surface area contributed by atoms with E-state index in [1.54, 1.807) is 0 Å². The molecule has 0 heterocycles. The van der Waals surface area contributed by atoms with E-state index >= 15 is 0 Å². The molecule has 2 rings (SSSR count). The molecule has 0 fully saturated rings. The first kappa shape index (κ1) is 19.5. The number of aliphatic hydroxyl groups excluding tert-OH is 1. The number of hydrogen-bond donors (Lipinski definition) is 2. The molecule has 25 heavy (non-hydrogen) atoms. The molecule has 0 saturated heterocycles. The SMILES string of the molecule is CCCCCCCCCCC(O)c1ccc(Nc2ccccc2)cc1. The largest absolute Gasteiger partial charge is 0.388 e. The van der Waals surface area contributed by atoms with Crippen LogP contribution in [0.4, 0.5) is 11.4 Å². The van der Waals surface area contributed by atoms with Gasteiger partial charge in [0.2, 0.25) is 0 Å². The summed E-state index contributed by atoms with van der Waals surface area (Å²) in [6.07, 6.45) is 10.9. The lowest BCUT2D eigenvalue weighted by Gasteiger charge is -2.12. The van der Waals surface area contributed by atoms with Crippen molar-refractivity contribution in [2.75, 3.05) is 5.32 Å². The van der Waals surface area contributed by atoms with Crippen LogP contribution in [0, 0.1) is 0 Å². The van der Waals surface area contributed by atoms with Crippen LogP contribution in [-0.2, 0) is 0 Å². The van der Waals surface area contributed by atoms with Gasteiger partial charge in [0, 0.05) is 11.4 Å². The third kappa shape index (κ3) is 7.74. The molecule has 2 aromatic rings. The van der Waals surface area contributed by atoms with E-state index in [1.165, 1.54) is 44.9 Å². The highest BCUT2D eigenvalue weighted by atomic mass is 16.3. The second kappa shape index (κ2) is 11.7. The van der Waals surface area contributed by atoms with E-state index in [0.717, 1.165) is 29.8 Å². The van der Waals surface area contributed by atoms with Crippen molar-refractivity contribution >= 4 is 11.4 Å². The third-order valence-electron chi connectivity index (χ3n) is 4.69. The molecule has 0 aromatic heterocycles. The predicted molar refractivity (Wildman–Crippen MR) is 108 cm³/mol. The topological polar surface area (TPSA) is 32.3 Å². The number of anilines is 2. The number of aliphatic hydroxyl groups is 1. The second-order valence-electron chi connectivity index (χ2n) is 6.89. The molecule has 0 spiro atoms. The van der Waals surface area contributed by atoms with Crippen LogP contribution in [0.3, 0.4) is 0 Å². The lowest BCUT2D eigenvalue weighted by molar-refractivity contribution is 0.163. The van der Waals surface area contributed by atoms with Gasteiger partial charge in [-0.05, 0) is 36.2 Å². The summed E-state index contributed by atoms with van der Waals surface area (Å²) >= 11 is 0. The van der Waals surface area contributed by atoms with E-state index in [-0.39, 0.29) is 6.10 Å². The Balaban J connectivity index is 1.65. The van der Waals surface area contributed by atoms with E-state index in [0.29, 0.717) is 0 Å². The van der Waals surface area contributed by atoms with Gasteiger partial charge in [-0.15, -0.1) is 0 Å². The van der Waals surface area contributed by atoms with E-state index in [9.17, 15) is 5.11 Å². The number of hydrogen-bond acceptors (Lipinski definition) is 2. The fourth-order valence-electron chi connectivity index (χ4n) is 3.11. The molecule has 0 aliphatic heterocycles. The van der Waals surface area contributed by atoms with Crippen LogP contribution >= 0.6 is 0 Å². The number of unbranched alkanes of at least 4 members (excludes halogenated alkanes) is 7. The molecule has 2 N–H and O–H groups in total. The quantitative estimate of drug-likeness (QED) is 0.408. The molecular weight excluding hydrogens is 306 g/mol. The van der Waals surface area contributed by atoms with Crippen molar-refractivity contribution < 1.29 is 5.11 Å². The molecule has 0 radical (unpaired) electrons. The second-order valence-corrected chi connectivity index (χ2v) is 6.89. The molecule has 1 unspecified atom stereocenters. The Bertz CT molecular complexity index is 564. The van der Waals surface area contributed by atoms with Crippen LogP contribution in [0.1, 0.15) is 76.4 Å². The smallest absolute Gasteiger partial charge is 0.0790 e. The zero-order chi connectivity index (χ0) is 17.7. The van der Waals surface area contributed by atoms with Gasteiger partial charge >= 0.3 is 0 Å². The van der Waals surface area contributed by atoms with Gasteiger partial charge in [-0.3, -0.25) is 0 Å². The molecule has 2 heteroatoms. The summed E-state index contributed by atoms with van der Waals surface area (Å²) in [4.78, 5) is 0. The summed E-state index contributed by atoms with van der Waals surface area (Å²) < 4.78 is 0. The highest BCUT2D eigenvalue weighted by molar-refractivity contribution is 5.59. The highest BCUT2D eigenvalue weighted by Gasteiger charge is 2.07. The van der Waals surface area contributed by atoms with Crippen LogP contribution < -0.4 is 5.32 Å². The Morgan fingerprint density at radius 3 is 1.92 bits per heavy atom. The molecule has 0 amide bonds. The average molecular weight is 340 g/mol. The van der Waals surface area contributed by atoms with Crippen molar-refractivity contribution in [1.29, 1.82) is 0 Å². The van der Waals surface area contributed by atoms with E-state index in [4.69, 9.17) is 0 Å². The maximum atomic E-state index is 10.4. The van der Waals surface area contributed by atoms with Crippen LogP contribution in [0.15, 0.2) is 54.6 Å². The monoisotopic (exact) mass is 339 g/mol. The molecular formula is C23H33NO. The lowest BCUT2D eigenvalue weighted by atomic mass is 10.0. The van der Waals surface area contributed by atoms with Gasteiger partial charge in [0.05, 0.1) is 6.10 Å². The Kier molecular flexibility index (Phi) is 9.14. The molecule has 0 aliphatic carbocycles. The highest BCUT2D eigenvalue weighted by Crippen LogP contribution is 2.23. The van der Waals surface area contributed by atoms with Crippen molar-refractivity contribution in [2.24, 2.45) is 0 Å². The lowest BCUT2D eigenvalue weighted by Crippen LogP contribution is -1.98. The molecule has 0 saturated carbocycles. The first-order valence-electron chi connectivity index (χ1n) is 9.89. The van der Waals surface area contributed by atoms with Crippen molar-refractivity contribution in [3.63, 3.8) is 0 Å². The zero-order valence-corrected chi connectivity index (χ0v) is 15.6. The van der Waals surface area contributed by atoms with E-state index in [1.807, 2.05) is 54.6 Å². The first-order chi connectivity index (χ1) is 12.3. The summed E-state index contributed by atoms with van der Waals surface area (Å²) in [7, 11) is 0.